The first kappa shape index (κ1) is 10.9. The van der Waals surface area contributed by atoms with E-state index in [0.717, 1.165) is 12.8 Å². The summed E-state index contributed by atoms with van der Waals surface area (Å²) < 4.78 is 0. The van der Waals surface area contributed by atoms with Gasteiger partial charge in [-0.3, -0.25) is 4.79 Å². The zero-order valence-corrected chi connectivity index (χ0v) is 9.15. The molecule has 0 radical (unpaired) electrons. The molecule has 4 unspecified atom stereocenters. The number of nitrogens with two attached hydrogens (primary N) is 1. The van der Waals surface area contributed by atoms with E-state index in [9.17, 15) is 4.79 Å². The smallest absolute Gasteiger partial charge is 0.225 e. The lowest BCUT2D eigenvalue weighted by atomic mass is 9.84. The van der Waals surface area contributed by atoms with Crippen LogP contribution in [0.2, 0.25) is 0 Å². The summed E-state index contributed by atoms with van der Waals surface area (Å²) in [6.07, 6.45) is 2.97. The predicted molar refractivity (Wildman–Crippen MR) is 57.0 cm³/mol. The van der Waals surface area contributed by atoms with E-state index in [1.165, 1.54) is 6.42 Å². The summed E-state index contributed by atoms with van der Waals surface area (Å²) in [5.41, 5.74) is 6.05. The summed E-state index contributed by atoms with van der Waals surface area (Å²) in [5, 5.41) is 11.9. The van der Waals surface area contributed by atoms with Crippen LogP contribution in [0, 0.1) is 17.8 Å². The van der Waals surface area contributed by atoms with Crippen molar-refractivity contribution in [2.24, 2.45) is 23.5 Å². The fourth-order valence-electron chi connectivity index (χ4n) is 3.09. The highest BCUT2D eigenvalue weighted by Gasteiger charge is 2.48. The van der Waals surface area contributed by atoms with Crippen LogP contribution in [-0.4, -0.2) is 29.7 Å². The zero-order chi connectivity index (χ0) is 11.0. The average Bonchev–Trinajstić information content (AvgIpc) is 2.74. The van der Waals surface area contributed by atoms with Crippen LogP contribution in [-0.2, 0) is 4.79 Å². The molecule has 0 heterocycles. The number of aliphatic hydroxyl groups is 1. The lowest BCUT2D eigenvalue weighted by Crippen LogP contribution is -2.46. The van der Waals surface area contributed by atoms with E-state index in [0.29, 0.717) is 18.4 Å². The fourth-order valence-corrected chi connectivity index (χ4v) is 3.09. The van der Waals surface area contributed by atoms with Gasteiger partial charge in [0.1, 0.15) is 0 Å². The monoisotopic (exact) mass is 212 g/mol. The molecular formula is C11H20N2O2. The van der Waals surface area contributed by atoms with Crippen molar-refractivity contribution in [1.82, 2.24) is 5.32 Å². The van der Waals surface area contributed by atoms with Gasteiger partial charge in [0.15, 0.2) is 0 Å². The highest BCUT2D eigenvalue weighted by Crippen LogP contribution is 2.47. The number of nitrogens with one attached hydrogen (secondary N) is 1. The van der Waals surface area contributed by atoms with Gasteiger partial charge in [0, 0.05) is 12.6 Å². The molecule has 0 saturated heterocycles. The molecule has 2 aliphatic carbocycles. The van der Waals surface area contributed by atoms with Gasteiger partial charge in [0.25, 0.3) is 0 Å². The first-order valence-electron chi connectivity index (χ1n) is 5.81. The molecule has 2 saturated carbocycles. The van der Waals surface area contributed by atoms with Crippen molar-refractivity contribution in [3.05, 3.63) is 0 Å². The molecule has 4 heteroatoms. The van der Waals surface area contributed by atoms with E-state index in [1.54, 1.807) is 6.92 Å². The summed E-state index contributed by atoms with van der Waals surface area (Å²) in [4.78, 5) is 11.8. The van der Waals surface area contributed by atoms with Crippen LogP contribution in [0.15, 0.2) is 0 Å². The molecule has 2 bridgehead atoms. The van der Waals surface area contributed by atoms with Crippen LogP contribution in [0.25, 0.3) is 0 Å². The fraction of sp³-hybridized carbons (Fsp3) is 0.909. The van der Waals surface area contributed by atoms with Crippen LogP contribution < -0.4 is 11.1 Å². The number of aliphatic hydroxyl groups excluding tert-OH is 1. The Kier molecular flexibility index (Phi) is 2.98. The third-order valence-electron chi connectivity index (χ3n) is 3.86. The maximum atomic E-state index is 11.8. The van der Waals surface area contributed by atoms with E-state index < -0.39 is 6.10 Å². The van der Waals surface area contributed by atoms with Crippen LogP contribution in [0.5, 0.6) is 0 Å². The Hall–Kier alpha value is -0.610. The SMILES string of the molecule is C[C@@H](O)CNC(=O)C1C2CCC(C2)C1N. The Bertz CT molecular complexity index is 253. The number of hydrogen-bond acceptors (Lipinski definition) is 3. The molecule has 0 spiro atoms. The molecular weight excluding hydrogens is 192 g/mol. The maximum absolute atomic E-state index is 11.8. The van der Waals surface area contributed by atoms with E-state index in [4.69, 9.17) is 10.8 Å². The van der Waals surface area contributed by atoms with Crippen molar-refractivity contribution in [3.63, 3.8) is 0 Å². The van der Waals surface area contributed by atoms with Gasteiger partial charge < -0.3 is 16.2 Å². The summed E-state index contributed by atoms with van der Waals surface area (Å²) in [6, 6.07) is 0.0396. The molecule has 4 nitrogen and oxygen atoms in total. The number of carbonyl (C=O) groups is 1. The molecule has 5 atom stereocenters. The van der Waals surface area contributed by atoms with Gasteiger partial charge in [-0.05, 0) is 38.0 Å². The largest absolute Gasteiger partial charge is 0.392 e. The second kappa shape index (κ2) is 4.10. The predicted octanol–water partition coefficient (Wildman–Crippen LogP) is -0.143. The number of amides is 1. The molecule has 2 aliphatic rings. The van der Waals surface area contributed by atoms with Crippen LogP contribution in [0.1, 0.15) is 26.2 Å². The molecule has 2 fully saturated rings. The van der Waals surface area contributed by atoms with Gasteiger partial charge >= 0.3 is 0 Å². The van der Waals surface area contributed by atoms with Gasteiger partial charge in [0.2, 0.25) is 5.91 Å². The molecule has 15 heavy (non-hydrogen) atoms. The minimum absolute atomic E-state index is 0.0116. The van der Waals surface area contributed by atoms with E-state index in [2.05, 4.69) is 5.32 Å². The number of rotatable bonds is 3. The normalized spacial score (nSPS) is 40.5. The standard InChI is InChI=1S/C11H20N2O2/c1-6(14)5-13-11(15)9-7-2-3-8(4-7)10(9)12/h6-10,14H,2-5,12H2,1H3,(H,13,15)/t6-,7?,8?,9?,10?/m1/s1. The quantitative estimate of drug-likeness (QED) is 0.609. The average molecular weight is 212 g/mol. The molecule has 0 aliphatic heterocycles. The topological polar surface area (TPSA) is 75.3 Å². The number of carbonyl (C=O) groups excluding carboxylic acids is 1. The van der Waals surface area contributed by atoms with Crippen molar-refractivity contribution < 1.29 is 9.90 Å². The zero-order valence-electron chi connectivity index (χ0n) is 9.15. The van der Waals surface area contributed by atoms with Crippen molar-refractivity contribution in [1.29, 1.82) is 0 Å². The molecule has 1 amide bonds. The number of fused-ring (bicyclic) bond motifs is 2. The van der Waals surface area contributed by atoms with E-state index in [1.807, 2.05) is 0 Å². The lowest BCUT2D eigenvalue weighted by molar-refractivity contribution is -0.127. The lowest BCUT2D eigenvalue weighted by Gasteiger charge is -2.27. The van der Waals surface area contributed by atoms with Gasteiger partial charge in [-0.2, -0.15) is 0 Å². The molecule has 0 aromatic rings. The second-order valence-electron chi connectivity index (χ2n) is 5.03. The molecule has 2 rings (SSSR count). The summed E-state index contributed by atoms with van der Waals surface area (Å²) in [6.45, 7) is 2.00. The molecule has 0 aromatic heterocycles. The first-order chi connectivity index (χ1) is 7.09. The summed E-state index contributed by atoms with van der Waals surface area (Å²) in [5.74, 6) is 1.06. The van der Waals surface area contributed by atoms with Crippen LogP contribution >= 0.6 is 0 Å². The summed E-state index contributed by atoms with van der Waals surface area (Å²) in [7, 11) is 0. The Labute approximate surface area is 90.2 Å². The molecule has 0 aromatic carbocycles. The number of hydrogen-bond donors (Lipinski definition) is 3. The Morgan fingerprint density at radius 1 is 1.53 bits per heavy atom. The van der Waals surface area contributed by atoms with Crippen molar-refractivity contribution in [2.45, 2.75) is 38.3 Å². The van der Waals surface area contributed by atoms with Gasteiger partial charge in [-0.1, -0.05) is 0 Å². The van der Waals surface area contributed by atoms with Crippen LogP contribution in [0.4, 0.5) is 0 Å². The Morgan fingerprint density at radius 2 is 2.20 bits per heavy atom. The maximum Gasteiger partial charge on any atom is 0.225 e. The van der Waals surface area contributed by atoms with Crippen molar-refractivity contribution in [3.8, 4) is 0 Å². The minimum Gasteiger partial charge on any atom is -0.392 e. The summed E-state index contributed by atoms with van der Waals surface area (Å²) >= 11 is 0. The Morgan fingerprint density at radius 3 is 2.73 bits per heavy atom. The van der Waals surface area contributed by atoms with E-state index >= 15 is 0 Å². The second-order valence-corrected chi connectivity index (χ2v) is 5.03. The third-order valence-corrected chi connectivity index (χ3v) is 3.86. The molecule has 86 valence electrons. The van der Waals surface area contributed by atoms with Gasteiger partial charge in [-0.25, -0.2) is 0 Å². The highest BCUT2D eigenvalue weighted by molar-refractivity contribution is 5.80. The van der Waals surface area contributed by atoms with Crippen molar-refractivity contribution >= 4 is 5.91 Å². The Balaban J connectivity index is 1.90. The minimum atomic E-state index is -0.483. The van der Waals surface area contributed by atoms with Crippen LogP contribution in [0.3, 0.4) is 0 Å². The highest BCUT2D eigenvalue weighted by atomic mass is 16.3. The first-order valence-corrected chi connectivity index (χ1v) is 5.81. The van der Waals surface area contributed by atoms with Gasteiger partial charge in [-0.15, -0.1) is 0 Å². The van der Waals surface area contributed by atoms with Gasteiger partial charge in [0.05, 0.1) is 12.0 Å². The van der Waals surface area contributed by atoms with E-state index in [-0.39, 0.29) is 17.9 Å². The third kappa shape index (κ3) is 2.01. The molecule has 4 N–H and O–H groups in total. The van der Waals surface area contributed by atoms with Crippen molar-refractivity contribution in [2.75, 3.05) is 6.54 Å².